The number of methoxy groups -OCH3 is 2. The molecule has 0 bridgehead atoms. The molecule has 166 valence electrons. The normalized spacial score (nSPS) is 10.2. The summed E-state index contributed by atoms with van der Waals surface area (Å²) in [4.78, 5) is 28.1. The van der Waals surface area contributed by atoms with Crippen molar-refractivity contribution in [1.29, 1.82) is 0 Å². The first-order valence-corrected chi connectivity index (χ1v) is 9.86. The highest BCUT2D eigenvalue weighted by molar-refractivity contribution is 5.94. The zero-order valence-electron chi connectivity index (χ0n) is 17.9. The molecule has 32 heavy (non-hydrogen) atoms. The SMILES string of the molecule is COC(=O)COc1ccc(C(=O)NCc2cccc(OCc3ccccn3)c2)cc1OC. The van der Waals surface area contributed by atoms with E-state index in [2.05, 4.69) is 15.0 Å². The van der Waals surface area contributed by atoms with Gasteiger partial charge in [0.15, 0.2) is 18.1 Å². The minimum absolute atomic E-state index is 0.253. The molecule has 0 spiro atoms. The number of aromatic nitrogens is 1. The van der Waals surface area contributed by atoms with E-state index in [1.54, 1.807) is 24.4 Å². The van der Waals surface area contributed by atoms with E-state index in [4.69, 9.17) is 14.2 Å². The van der Waals surface area contributed by atoms with E-state index in [1.807, 2.05) is 42.5 Å². The molecule has 0 fully saturated rings. The maximum Gasteiger partial charge on any atom is 0.343 e. The van der Waals surface area contributed by atoms with Crippen molar-refractivity contribution >= 4 is 11.9 Å². The summed E-state index contributed by atoms with van der Waals surface area (Å²) in [5.41, 5.74) is 2.12. The maximum absolute atomic E-state index is 12.6. The number of nitrogens with zero attached hydrogens (tertiary/aromatic N) is 1. The molecule has 1 heterocycles. The number of hydrogen-bond donors (Lipinski definition) is 1. The monoisotopic (exact) mass is 436 g/mol. The van der Waals surface area contributed by atoms with Gasteiger partial charge in [-0.15, -0.1) is 0 Å². The Kier molecular flexibility index (Phi) is 8.02. The van der Waals surface area contributed by atoms with Crippen molar-refractivity contribution in [2.45, 2.75) is 13.2 Å². The third kappa shape index (κ3) is 6.46. The van der Waals surface area contributed by atoms with Crippen LogP contribution in [0.25, 0.3) is 0 Å². The van der Waals surface area contributed by atoms with Crippen LogP contribution >= 0.6 is 0 Å². The predicted octanol–water partition coefficient (Wildman–Crippen LogP) is 3.15. The number of hydrogen-bond acceptors (Lipinski definition) is 7. The van der Waals surface area contributed by atoms with Gasteiger partial charge in [0.1, 0.15) is 12.4 Å². The van der Waals surface area contributed by atoms with Crippen LogP contribution in [0.4, 0.5) is 0 Å². The largest absolute Gasteiger partial charge is 0.493 e. The molecule has 1 N–H and O–H groups in total. The number of carbonyl (C=O) groups excluding carboxylic acids is 2. The summed E-state index contributed by atoms with van der Waals surface area (Å²) in [6.07, 6.45) is 1.72. The number of ether oxygens (including phenoxy) is 4. The lowest BCUT2D eigenvalue weighted by molar-refractivity contribution is -0.142. The molecule has 1 aromatic heterocycles. The third-order valence-corrected chi connectivity index (χ3v) is 4.46. The van der Waals surface area contributed by atoms with Crippen LogP contribution < -0.4 is 19.5 Å². The Morgan fingerprint density at radius 3 is 2.56 bits per heavy atom. The summed E-state index contributed by atoms with van der Waals surface area (Å²) < 4.78 is 21.0. The van der Waals surface area contributed by atoms with E-state index >= 15 is 0 Å². The fraction of sp³-hybridized carbons (Fsp3) is 0.208. The van der Waals surface area contributed by atoms with Crippen LogP contribution in [0.3, 0.4) is 0 Å². The number of pyridine rings is 1. The first-order valence-electron chi connectivity index (χ1n) is 9.86. The molecule has 0 aliphatic rings. The predicted molar refractivity (Wildman–Crippen MR) is 117 cm³/mol. The quantitative estimate of drug-likeness (QED) is 0.488. The minimum atomic E-state index is -0.514. The molecule has 3 aromatic rings. The molecule has 3 rings (SSSR count). The van der Waals surface area contributed by atoms with E-state index in [9.17, 15) is 9.59 Å². The van der Waals surface area contributed by atoms with Crippen molar-refractivity contribution in [2.24, 2.45) is 0 Å². The second-order valence-electron chi connectivity index (χ2n) is 6.67. The van der Waals surface area contributed by atoms with Gasteiger partial charge in [0, 0.05) is 18.3 Å². The topological polar surface area (TPSA) is 96.0 Å². The second-order valence-corrected chi connectivity index (χ2v) is 6.67. The molecule has 8 nitrogen and oxygen atoms in total. The van der Waals surface area contributed by atoms with Gasteiger partial charge < -0.3 is 24.3 Å². The van der Waals surface area contributed by atoms with Gasteiger partial charge in [-0.25, -0.2) is 4.79 Å². The molecule has 0 atom stereocenters. The Hall–Kier alpha value is -4.07. The third-order valence-electron chi connectivity index (χ3n) is 4.46. The lowest BCUT2D eigenvalue weighted by atomic mass is 10.1. The lowest BCUT2D eigenvalue weighted by Gasteiger charge is -2.12. The second kappa shape index (κ2) is 11.4. The van der Waals surface area contributed by atoms with Crippen molar-refractivity contribution in [3.63, 3.8) is 0 Å². The molecule has 0 saturated heterocycles. The van der Waals surface area contributed by atoms with Crippen LogP contribution in [0.15, 0.2) is 66.9 Å². The van der Waals surface area contributed by atoms with Gasteiger partial charge in [0.2, 0.25) is 0 Å². The maximum atomic E-state index is 12.6. The zero-order chi connectivity index (χ0) is 22.8. The van der Waals surface area contributed by atoms with Gasteiger partial charge in [-0.05, 0) is 48.0 Å². The van der Waals surface area contributed by atoms with Crippen molar-refractivity contribution in [3.05, 3.63) is 83.7 Å². The van der Waals surface area contributed by atoms with Gasteiger partial charge in [0.25, 0.3) is 5.91 Å². The Morgan fingerprint density at radius 2 is 1.81 bits per heavy atom. The van der Waals surface area contributed by atoms with Crippen LogP contribution in [-0.4, -0.2) is 37.7 Å². The summed E-state index contributed by atoms with van der Waals surface area (Å²) in [5.74, 6) is 0.581. The van der Waals surface area contributed by atoms with E-state index < -0.39 is 5.97 Å². The molecule has 0 radical (unpaired) electrons. The van der Waals surface area contributed by atoms with Gasteiger partial charge in [0.05, 0.1) is 19.9 Å². The average Bonchev–Trinajstić information content (AvgIpc) is 2.85. The van der Waals surface area contributed by atoms with Crippen molar-refractivity contribution in [2.75, 3.05) is 20.8 Å². The Morgan fingerprint density at radius 1 is 0.938 bits per heavy atom. The Labute approximate surface area is 186 Å². The molecule has 0 aliphatic carbocycles. The summed E-state index contributed by atoms with van der Waals surface area (Å²) in [6, 6.07) is 17.9. The summed E-state index contributed by atoms with van der Waals surface area (Å²) in [6.45, 7) is 0.431. The molecule has 2 aromatic carbocycles. The molecule has 1 amide bonds. The molecule has 8 heteroatoms. The molecular weight excluding hydrogens is 412 g/mol. The number of amides is 1. The van der Waals surface area contributed by atoms with Crippen LogP contribution in [-0.2, 0) is 22.7 Å². The van der Waals surface area contributed by atoms with Crippen LogP contribution in [0.2, 0.25) is 0 Å². The van der Waals surface area contributed by atoms with Crippen LogP contribution in [0, 0.1) is 0 Å². The number of nitrogens with one attached hydrogen (secondary N) is 1. The number of rotatable bonds is 10. The highest BCUT2D eigenvalue weighted by atomic mass is 16.6. The van der Waals surface area contributed by atoms with Crippen molar-refractivity contribution in [1.82, 2.24) is 10.3 Å². The molecule has 0 aliphatic heterocycles. The Bertz CT molecular complexity index is 1060. The first-order chi connectivity index (χ1) is 15.6. The van der Waals surface area contributed by atoms with E-state index in [0.29, 0.717) is 36.0 Å². The van der Waals surface area contributed by atoms with Gasteiger partial charge in [-0.3, -0.25) is 9.78 Å². The number of carbonyl (C=O) groups is 2. The average molecular weight is 436 g/mol. The summed E-state index contributed by atoms with van der Waals surface area (Å²) in [5, 5.41) is 2.87. The van der Waals surface area contributed by atoms with Crippen molar-refractivity contribution < 1.29 is 28.5 Å². The fourth-order valence-corrected chi connectivity index (χ4v) is 2.79. The van der Waals surface area contributed by atoms with E-state index in [0.717, 1.165) is 11.3 Å². The van der Waals surface area contributed by atoms with Gasteiger partial charge >= 0.3 is 5.97 Å². The Balaban J connectivity index is 1.57. The highest BCUT2D eigenvalue weighted by Gasteiger charge is 2.13. The highest BCUT2D eigenvalue weighted by Crippen LogP contribution is 2.28. The zero-order valence-corrected chi connectivity index (χ0v) is 17.9. The molecule has 0 saturated carbocycles. The summed E-state index contributed by atoms with van der Waals surface area (Å²) >= 11 is 0. The van der Waals surface area contributed by atoms with Crippen molar-refractivity contribution in [3.8, 4) is 17.2 Å². The smallest absolute Gasteiger partial charge is 0.343 e. The van der Waals surface area contributed by atoms with E-state index in [1.165, 1.54) is 14.2 Å². The van der Waals surface area contributed by atoms with Crippen LogP contribution in [0.5, 0.6) is 17.2 Å². The van der Waals surface area contributed by atoms with Crippen LogP contribution in [0.1, 0.15) is 21.6 Å². The number of benzene rings is 2. The van der Waals surface area contributed by atoms with Gasteiger partial charge in [-0.2, -0.15) is 0 Å². The lowest BCUT2D eigenvalue weighted by Crippen LogP contribution is -2.23. The minimum Gasteiger partial charge on any atom is -0.493 e. The van der Waals surface area contributed by atoms with Gasteiger partial charge in [-0.1, -0.05) is 18.2 Å². The first kappa shape index (κ1) is 22.6. The number of esters is 1. The standard InChI is InChI=1S/C24H24N2O6/c1-29-22-13-18(9-10-21(22)32-16-23(27)30-2)24(28)26-14-17-6-5-8-20(12-17)31-15-19-7-3-4-11-25-19/h3-13H,14-16H2,1-2H3,(H,26,28). The molecule has 0 unspecified atom stereocenters. The fourth-order valence-electron chi connectivity index (χ4n) is 2.79. The molecular formula is C24H24N2O6. The summed E-state index contributed by atoms with van der Waals surface area (Å²) in [7, 11) is 2.73. The van der Waals surface area contributed by atoms with E-state index in [-0.39, 0.29) is 12.5 Å².